The van der Waals surface area contributed by atoms with Gasteiger partial charge in [-0.1, -0.05) is 12.1 Å². The molecule has 2 saturated heterocycles. The van der Waals surface area contributed by atoms with Crippen molar-refractivity contribution < 1.29 is 4.79 Å². The van der Waals surface area contributed by atoms with Crippen molar-refractivity contribution in [1.29, 1.82) is 0 Å². The van der Waals surface area contributed by atoms with Gasteiger partial charge in [0.15, 0.2) is 0 Å². The van der Waals surface area contributed by atoms with E-state index in [0.717, 1.165) is 36.4 Å². The maximum Gasteiger partial charge on any atom is 0.223 e. The first-order chi connectivity index (χ1) is 9.74. The number of fused-ring (bicyclic) bond motifs is 1. The molecule has 2 heterocycles. The molecule has 0 saturated carbocycles. The van der Waals surface area contributed by atoms with Gasteiger partial charge in [-0.3, -0.25) is 4.79 Å². The van der Waals surface area contributed by atoms with Crippen molar-refractivity contribution in [2.24, 2.45) is 11.8 Å². The number of nitrogens with zero attached hydrogens (tertiary/aromatic N) is 1. The van der Waals surface area contributed by atoms with E-state index >= 15 is 0 Å². The summed E-state index contributed by atoms with van der Waals surface area (Å²) in [6.07, 6.45) is 0.638. The van der Waals surface area contributed by atoms with E-state index in [4.69, 9.17) is 0 Å². The second-order valence-electron chi connectivity index (χ2n) is 5.51. The fourth-order valence-corrected chi connectivity index (χ4v) is 4.53. The van der Waals surface area contributed by atoms with Crippen LogP contribution in [0.1, 0.15) is 6.42 Å². The third-order valence-corrected chi connectivity index (χ3v) is 6.18. The molecule has 1 aromatic carbocycles. The monoisotopic (exact) mass is 354 g/mol. The lowest BCUT2D eigenvalue weighted by Gasteiger charge is -2.17. The first kappa shape index (κ1) is 14.4. The van der Waals surface area contributed by atoms with Crippen molar-refractivity contribution >= 4 is 33.6 Å². The summed E-state index contributed by atoms with van der Waals surface area (Å²) in [4.78, 5) is 15.5. The lowest BCUT2D eigenvalue weighted by atomic mass is 10.0. The SMILES string of the molecule is O=C(CCSc1ccccc1Br)N1C[C@H]2CNC[C@H]2C1. The van der Waals surface area contributed by atoms with E-state index in [0.29, 0.717) is 24.2 Å². The van der Waals surface area contributed by atoms with E-state index in [-0.39, 0.29) is 0 Å². The Morgan fingerprint density at radius 3 is 2.70 bits per heavy atom. The highest BCUT2D eigenvalue weighted by atomic mass is 79.9. The number of amides is 1. The van der Waals surface area contributed by atoms with Gasteiger partial charge in [-0.25, -0.2) is 0 Å². The molecule has 1 amide bonds. The minimum Gasteiger partial charge on any atom is -0.342 e. The predicted molar refractivity (Wildman–Crippen MR) is 85.9 cm³/mol. The van der Waals surface area contributed by atoms with Gasteiger partial charge in [-0.15, -0.1) is 11.8 Å². The molecule has 0 radical (unpaired) electrons. The van der Waals surface area contributed by atoms with Crippen molar-refractivity contribution in [1.82, 2.24) is 10.2 Å². The molecule has 1 aromatic rings. The van der Waals surface area contributed by atoms with Gasteiger partial charge in [-0.2, -0.15) is 0 Å². The van der Waals surface area contributed by atoms with Crippen LogP contribution in [-0.2, 0) is 4.79 Å². The highest BCUT2D eigenvalue weighted by molar-refractivity contribution is 9.10. The zero-order valence-electron chi connectivity index (χ0n) is 11.3. The Bertz CT molecular complexity index is 485. The Hall–Kier alpha value is -0.520. The van der Waals surface area contributed by atoms with E-state index in [9.17, 15) is 4.79 Å². The van der Waals surface area contributed by atoms with Crippen LogP contribution < -0.4 is 5.32 Å². The third-order valence-electron chi connectivity index (χ3n) is 4.15. The van der Waals surface area contributed by atoms with Crippen LogP contribution in [0.15, 0.2) is 33.6 Å². The van der Waals surface area contributed by atoms with Crippen LogP contribution in [0.5, 0.6) is 0 Å². The van der Waals surface area contributed by atoms with Crippen LogP contribution in [0, 0.1) is 11.8 Å². The van der Waals surface area contributed by atoms with Gasteiger partial charge in [0.05, 0.1) is 0 Å². The highest BCUT2D eigenvalue weighted by Crippen LogP contribution is 2.29. The normalized spacial score (nSPS) is 24.9. The number of likely N-dealkylation sites (tertiary alicyclic amines) is 1. The number of rotatable bonds is 4. The lowest BCUT2D eigenvalue weighted by Crippen LogP contribution is -2.32. The Balaban J connectivity index is 1.45. The molecular formula is C15H19BrN2OS. The van der Waals surface area contributed by atoms with Gasteiger partial charge < -0.3 is 10.2 Å². The fourth-order valence-electron chi connectivity index (χ4n) is 3.03. The Morgan fingerprint density at radius 1 is 1.30 bits per heavy atom. The average molecular weight is 355 g/mol. The molecule has 2 aliphatic rings. The van der Waals surface area contributed by atoms with Crippen LogP contribution in [0.4, 0.5) is 0 Å². The quantitative estimate of drug-likeness (QED) is 0.843. The molecule has 0 spiro atoms. The average Bonchev–Trinajstić information content (AvgIpc) is 3.01. The lowest BCUT2D eigenvalue weighted by molar-refractivity contribution is -0.129. The van der Waals surface area contributed by atoms with Crippen LogP contribution in [0.3, 0.4) is 0 Å². The number of hydrogen-bond donors (Lipinski definition) is 1. The summed E-state index contributed by atoms with van der Waals surface area (Å²) < 4.78 is 1.11. The molecule has 2 fully saturated rings. The topological polar surface area (TPSA) is 32.3 Å². The highest BCUT2D eigenvalue weighted by Gasteiger charge is 2.37. The van der Waals surface area contributed by atoms with E-state index in [1.54, 1.807) is 11.8 Å². The van der Waals surface area contributed by atoms with E-state index in [1.807, 2.05) is 18.2 Å². The van der Waals surface area contributed by atoms with Crippen molar-refractivity contribution in [3.8, 4) is 0 Å². The fraction of sp³-hybridized carbons (Fsp3) is 0.533. The van der Waals surface area contributed by atoms with E-state index < -0.39 is 0 Å². The molecule has 2 aliphatic heterocycles. The van der Waals surface area contributed by atoms with Gasteiger partial charge in [0.25, 0.3) is 0 Å². The maximum absolute atomic E-state index is 12.2. The number of thioether (sulfide) groups is 1. The standard InChI is InChI=1S/C15H19BrN2OS/c16-13-3-1-2-4-14(13)20-6-5-15(19)18-9-11-7-17-8-12(11)10-18/h1-4,11-12,17H,5-10H2/t11-,12+. The molecular weight excluding hydrogens is 336 g/mol. The van der Waals surface area contributed by atoms with Crippen molar-refractivity contribution in [2.75, 3.05) is 31.9 Å². The Morgan fingerprint density at radius 2 is 2.00 bits per heavy atom. The molecule has 0 aromatic heterocycles. The summed E-state index contributed by atoms with van der Waals surface area (Å²) in [5, 5.41) is 3.41. The summed E-state index contributed by atoms with van der Waals surface area (Å²) in [6, 6.07) is 8.17. The zero-order valence-corrected chi connectivity index (χ0v) is 13.8. The number of hydrogen-bond acceptors (Lipinski definition) is 3. The van der Waals surface area contributed by atoms with E-state index in [1.165, 1.54) is 4.90 Å². The summed E-state index contributed by atoms with van der Waals surface area (Å²) in [5.41, 5.74) is 0. The minimum atomic E-state index is 0.318. The largest absolute Gasteiger partial charge is 0.342 e. The summed E-state index contributed by atoms with van der Waals surface area (Å²) in [5.74, 6) is 2.55. The first-order valence-electron chi connectivity index (χ1n) is 7.10. The van der Waals surface area contributed by atoms with Crippen molar-refractivity contribution in [2.45, 2.75) is 11.3 Å². The second kappa shape index (κ2) is 6.50. The number of carbonyl (C=O) groups is 1. The molecule has 0 aliphatic carbocycles. The van der Waals surface area contributed by atoms with E-state index in [2.05, 4.69) is 32.2 Å². The molecule has 3 rings (SSSR count). The molecule has 2 atom stereocenters. The summed E-state index contributed by atoms with van der Waals surface area (Å²) in [7, 11) is 0. The number of nitrogens with one attached hydrogen (secondary N) is 1. The van der Waals surface area contributed by atoms with Crippen LogP contribution in [0.2, 0.25) is 0 Å². The molecule has 0 unspecified atom stereocenters. The van der Waals surface area contributed by atoms with Crippen LogP contribution in [0.25, 0.3) is 0 Å². The molecule has 5 heteroatoms. The van der Waals surface area contributed by atoms with Gasteiger partial charge >= 0.3 is 0 Å². The molecule has 20 heavy (non-hydrogen) atoms. The second-order valence-corrected chi connectivity index (χ2v) is 7.50. The Labute approximate surface area is 132 Å². The van der Waals surface area contributed by atoms with Gasteiger partial charge in [0.2, 0.25) is 5.91 Å². The first-order valence-corrected chi connectivity index (χ1v) is 8.87. The number of halogens is 1. The van der Waals surface area contributed by atoms with Gasteiger partial charge in [0, 0.05) is 47.7 Å². The zero-order chi connectivity index (χ0) is 13.9. The molecule has 3 nitrogen and oxygen atoms in total. The summed E-state index contributed by atoms with van der Waals surface area (Å²) in [6.45, 7) is 4.08. The molecule has 0 bridgehead atoms. The molecule has 1 N–H and O–H groups in total. The number of benzene rings is 1. The summed E-state index contributed by atoms with van der Waals surface area (Å²) >= 11 is 5.29. The van der Waals surface area contributed by atoms with Crippen LogP contribution in [-0.4, -0.2) is 42.7 Å². The van der Waals surface area contributed by atoms with Crippen molar-refractivity contribution in [3.05, 3.63) is 28.7 Å². The van der Waals surface area contributed by atoms with Gasteiger partial charge in [0.1, 0.15) is 0 Å². The maximum atomic E-state index is 12.2. The predicted octanol–water partition coefficient (Wildman–Crippen LogP) is 2.61. The smallest absolute Gasteiger partial charge is 0.223 e. The minimum absolute atomic E-state index is 0.318. The third kappa shape index (κ3) is 3.21. The van der Waals surface area contributed by atoms with Crippen LogP contribution >= 0.6 is 27.7 Å². The Kier molecular flexibility index (Phi) is 4.68. The number of carbonyl (C=O) groups excluding carboxylic acids is 1. The van der Waals surface area contributed by atoms with Gasteiger partial charge in [-0.05, 0) is 39.9 Å². The molecule has 108 valence electrons. The van der Waals surface area contributed by atoms with Crippen molar-refractivity contribution in [3.63, 3.8) is 0 Å².